The first-order chi connectivity index (χ1) is 13.4. The molecular weight excluding hydrogens is 392 g/mol. The second kappa shape index (κ2) is 7.12. The minimum Gasteiger partial charge on any atom is -0.411 e. The summed E-state index contributed by atoms with van der Waals surface area (Å²) >= 11 is 1.06. The van der Waals surface area contributed by atoms with Crippen molar-refractivity contribution in [2.24, 2.45) is 0 Å². The third-order valence-electron chi connectivity index (χ3n) is 3.72. The highest BCUT2D eigenvalue weighted by Crippen LogP contribution is 2.42. The molecule has 10 heteroatoms. The first-order valence-corrected chi connectivity index (χ1v) is 9.10. The smallest absolute Gasteiger partial charge is 0.411 e. The fourth-order valence-corrected chi connectivity index (χ4v) is 3.00. The van der Waals surface area contributed by atoms with Crippen molar-refractivity contribution in [3.05, 3.63) is 48.0 Å². The van der Waals surface area contributed by atoms with Gasteiger partial charge < -0.3 is 19.2 Å². The van der Waals surface area contributed by atoms with Gasteiger partial charge in [-0.25, -0.2) is 0 Å². The molecule has 3 aromatic rings. The molecule has 0 radical (unpaired) electrons. The Morgan fingerprint density at radius 2 is 1.86 bits per heavy atom. The lowest BCUT2D eigenvalue weighted by atomic mass is 10.1. The molecule has 0 fully saturated rings. The Hall–Kier alpha value is -3.14. The predicted molar refractivity (Wildman–Crippen MR) is 96.5 cm³/mol. The highest BCUT2D eigenvalue weighted by Gasteiger charge is 2.43. The number of hydrogen-bond donors (Lipinski definition) is 1. The fourth-order valence-electron chi connectivity index (χ4n) is 2.43. The van der Waals surface area contributed by atoms with Crippen LogP contribution < -0.4 is 14.8 Å². The summed E-state index contributed by atoms with van der Waals surface area (Å²) in [5.41, 5.74) is 2.20. The third-order valence-corrected chi connectivity index (χ3v) is 4.54. The van der Waals surface area contributed by atoms with Crippen molar-refractivity contribution in [1.29, 1.82) is 0 Å². The largest absolute Gasteiger partial charge is 0.586 e. The summed E-state index contributed by atoms with van der Waals surface area (Å²) in [6.07, 6.45) is -3.70. The summed E-state index contributed by atoms with van der Waals surface area (Å²) in [4.78, 5) is 12.1. The SMILES string of the molecule is Cc1ccc(-c2nnc(SCC(=O)Nc3ccc4c(c3)OC(F)(F)O4)o2)cc1. The van der Waals surface area contributed by atoms with Gasteiger partial charge in [0.1, 0.15) is 0 Å². The summed E-state index contributed by atoms with van der Waals surface area (Å²) in [6, 6.07) is 11.6. The van der Waals surface area contributed by atoms with Crippen LogP contribution in [0.1, 0.15) is 5.56 Å². The van der Waals surface area contributed by atoms with E-state index in [9.17, 15) is 13.6 Å². The van der Waals surface area contributed by atoms with Crippen LogP contribution in [0.4, 0.5) is 14.5 Å². The lowest BCUT2D eigenvalue weighted by Gasteiger charge is -2.05. The Bertz CT molecular complexity index is 1020. The van der Waals surface area contributed by atoms with Crippen LogP contribution in [0.3, 0.4) is 0 Å². The number of rotatable bonds is 5. The van der Waals surface area contributed by atoms with Crippen molar-refractivity contribution in [2.75, 3.05) is 11.1 Å². The van der Waals surface area contributed by atoms with Crippen molar-refractivity contribution < 1.29 is 27.5 Å². The number of aryl methyl sites for hydroxylation is 1. The monoisotopic (exact) mass is 405 g/mol. The number of fused-ring (bicyclic) bond motifs is 1. The number of nitrogens with one attached hydrogen (secondary N) is 1. The number of anilines is 1. The number of carbonyl (C=O) groups is 1. The predicted octanol–water partition coefficient (Wildman–Crippen LogP) is 4.10. The number of ether oxygens (including phenoxy) is 2. The molecule has 0 saturated heterocycles. The molecule has 0 bridgehead atoms. The molecule has 0 spiro atoms. The van der Waals surface area contributed by atoms with Crippen LogP contribution in [-0.2, 0) is 4.79 Å². The molecule has 1 amide bonds. The number of hydrogen-bond acceptors (Lipinski definition) is 7. The van der Waals surface area contributed by atoms with E-state index in [2.05, 4.69) is 25.0 Å². The van der Waals surface area contributed by atoms with E-state index < -0.39 is 6.29 Å². The molecule has 1 N–H and O–H groups in total. The number of carbonyl (C=O) groups excluding carboxylic acids is 1. The molecule has 7 nitrogen and oxygen atoms in total. The molecule has 2 aromatic carbocycles. The molecule has 0 aliphatic carbocycles. The second-order valence-corrected chi connectivity index (χ2v) is 6.83. The lowest BCUT2D eigenvalue weighted by molar-refractivity contribution is -0.286. The van der Waals surface area contributed by atoms with E-state index in [4.69, 9.17) is 4.42 Å². The Kier molecular flexibility index (Phi) is 4.63. The minimum absolute atomic E-state index is 0.000132. The number of aromatic nitrogens is 2. The number of nitrogens with zero attached hydrogens (tertiary/aromatic N) is 2. The second-order valence-electron chi connectivity index (χ2n) is 5.91. The summed E-state index contributed by atoms with van der Waals surface area (Å²) < 4.78 is 40.2. The molecular formula is C18H13F2N3O4S. The van der Waals surface area contributed by atoms with E-state index >= 15 is 0 Å². The van der Waals surface area contributed by atoms with E-state index in [1.54, 1.807) is 0 Å². The molecule has 1 aliphatic heterocycles. The Morgan fingerprint density at radius 1 is 1.11 bits per heavy atom. The molecule has 2 heterocycles. The number of halogens is 2. The molecule has 0 unspecified atom stereocenters. The Morgan fingerprint density at radius 3 is 2.64 bits per heavy atom. The lowest BCUT2D eigenvalue weighted by Crippen LogP contribution is -2.25. The van der Waals surface area contributed by atoms with E-state index in [0.717, 1.165) is 22.9 Å². The molecule has 1 aliphatic rings. The summed E-state index contributed by atoms with van der Waals surface area (Å²) in [7, 11) is 0. The highest BCUT2D eigenvalue weighted by atomic mass is 32.2. The van der Waals surface area contributed by atoms with Gasteiger partial charge in [0.2, 0.25) is 11.8 Å². The maximum absolute atomic E-state index is 13.0. The van der Waals surface area contributed by atoms with Gasteiger partial charge in [-0.1, -0.05) is 29.5 Å². The van der Waals surface area contributed by atoms with Crippen LogP contribution in [-0.4, -0.2) is 28.2 Å². The average Bonchev–Trinajstić information content (AvgIpc) is 3.23. The van der Waals surface area contributed by atoms with Gasteiger partial charge in [-0.05, 0) is 31.2 Å². The first kappa shape index (κ1) is 18.2. The van der Waals surface area contributed by atoms with Crippen molar-refractivity contribution in [3.63, 3.8) is 0 Å². The third kappa shape index (κ3) is 4.06. The van der Waals surface area contributed by atoms with Gasteiger partial charge in [0.25, 0.3) is 5.22 Å². The molecule has 144 valence electrons. The number of benzene rings is 2. The minimum atomic E-state index is -3.70. The van der Waals surface area contributed by atoms with Gasteiger partial charge in [-0.15, -0.1) is 19.0 Å². The van der Waals surface area contributed by atoms with Crippen molar-refractivity contribution in [1.82, 2.24) is 10.2 Å². The highest BCUT2D eigenvalue weighted by molar-refractivity contribution is 7.99. The quantitative estimate of drug-likeness (QED) is 0.640. The normalized spacial score (nSPS) is 14.1. The molecule has 4 rings (SSSR count). The van der Waals surface area contributed by atoms with Crippen molar-refractivity contribution in [2.45, 2.75) is 18.4 Å². The van der Waals surface area contributed by atoms with Crippen LogP contribution in [0.2, 0.25) is 0 Å². The summed E-state index contributed by atoms with van der Waals surface area (Å²) in [5.74, 6) is -0.243. The van der Waals surface area contributed by atoms with Gasteiger partial charge in [0.05, 0.1) is 5.75 Å². The zero-order chi connectivity index (χ0) is 19.7. The number of alkyl halides is 2. The zero-order valence-corrected chi connectivity index (χ0v) is 15.3. The van der Waals surface area contributed by atoms with E-state index in [1.807, 2.05) is 31.2 Å². The van der Waals surface area contributed by atoms with E-state index in [1.165, 1.54) is 18.2 Å². The molecule has 28 heavy (non-hydrogen) atoms. The Balaban J connectivity index is 1.34. The van der Waals surface area contributed by atoms with Gasteiger partial charge in [0, 0.05) is 17.3 Å². The first-order valence-electron chi connectivity index (χ1n) is 8.11. The van der Waals surface area contributed by atoms with E-state index in [0.29, 0.717) is 11.6 Å². The number of thioether (sulfide) groups is 1. The maximum Gasteiger partial charge on any atom is 0.586 e. The van der Waals surface area contributed by atoms with Crippen LogP contribution in [0.5, 0.6) is 11.5 Å². The summed E-state index contributed by atoms with van der Waals surface area (Å²) in [5, 5.41) is 10.7. The molecule has 0 saturated carbocycles. The fraction of sp³-hybridized carbons (Fsp3) is 0.167. The van der Waals surface area contributed by atoms with Crippen LogP contribution >= 0.6 is 11.8 Å². The molecule has 0 atom stereocenters. The standard InChI is InChI=1S/C18H13F2N3O4S/c1-10-2-4-11(5-3-10)16-22-23-17(25-16)28-9-15(24)21-12-6-7-13-14(8-12)27-18(19,20)26-13/h2-8H,9H2,1H3,(H,21,24). The molecule has 1 aromatic heterocycles. The number of amides is 1. The van der Waals surface area contributed by atoms with E-state index in [-0.39, 0.29) is 28.4 Å². The van der Waals surface area contributed by atoms with Gasteiger partial charge >= 0.3 is 6.29 Å². The topological polar surface area (TPSA) is 86.5 Å². The zero-order valence-electron chi connectivity index (χ0n) is 14.4. The van der Waals surface area contributed by atoms with Gasteiger partial charge in [-0.2, -0.15) is 0 Å². The maximum atomic E-state index is 13.0. The van der Waals surface area contributed by atoms with Crippen LogP contribution in [0.15, 0.2) is 52.1 Å². The van der Waals surface area contributed by atoms with Crippen molar-refractivity contribution in [3.8, 4) is 23.0 Å². The van der Waals surface area contributed by atoms with Crippen LogP contribution in [0.25, 0.3) is 11.5 Å². The van der Waals surface area contributed by atoms with Gasteiger partial charge in [0.15, 0.2) is 11.5 Å². The average molecular weight is 405 g/mol. The van der Waals surface area contributed by atoms with Crippen LogP contribution in [0, 0.1) is 6.92 Å². The van der Waals surface area contributed by atoms with Crippen molar-refractivity contribution >= 4 is 23.4 Å². The summed E-state index contributed by atoms with van der Waals surface area (Å²) in [6.45, 7) is 1.98. The van der Waals surface area contributed by atoms with Gasteiger partial charge in [-0.3, -0.25) is 4.79 Å². The Labute approximate surface area is 162 Å².